The summed E-state index contributed by atoms with van der Waals surface area (Å²) in [7, 11) is -2.51. The van der Waals surface area contributed by atoms with Crippen LogP contribution in [0.15, 0.2) is 77.7 Å². The van der Waals surface area contributed by atoms with Gasteiger partial charge in [-0.2, -0.15) is 0 Å². The fourth-order valence-corrected chi connectivity index (χ4v) is 4.84. The average Bonchev–Trinajstić information content (AvgIpc) is 3.19. The molecule has 4 rings (SSSR count). The van der Waals surface area contributed by atoms with Crippen LogP contribution in [-0.2, 0) is 10.0 Å². The van der Waals surface area contributed by atoms with Gasteiger partial charge in [0.05, 0.1) is 32.2 Å². The van der Waals surface area contributed by atoms with Crippen LogP contribution in [0, 0.1) is 0 Å². The molecule has 0 unspecified atom stereocenters. The van der Waals surface area contributed by atoms with Crippen LogP contribution in [-0.4, -0.2) is 36.0 Å². The minimum Gasteiger partial charge on any atom is -0.385 e. The van der Waals surface area contributed by atoms with Crippen LogP contribution in [0.4, 0.5) is 5.69 Å². The van der Waals surface area contributed by atoms with Crippen molar-refractivity contribution in [2.75, 3.05) is 11.4 Å². The molecule has 0 fully saturated rings. The summed E-state index contributed by atoms with van der Waals surface area (Å²) < 4.78 is 28.8. The zero-order chi connectivity index (χ0) is 23.0. The second-order valence-corrected chi connectivity index (χ2v) is 9.60. The Balaban J connectivity index is 1.83. The first-order valence-electron chi connectivity index (χ1n) is 9.75. The van der Waals surface area contributed by atoms with Gasteiger partial charge >= 0.3 is 0 Å². The van der Waals surface area contributed by atoms with E-state index in [9.17, 15) is 18.3 Å². The second-order valence-electron chi connectivity index (χ2n) is 7.22. The van der Waals surface area contributed by atoms with Crippen molar-refractivity contribution >= 4 is 44.3 Å². The first-order valence-corrected chi connectivity index (χ1v) is 11.6. The lowest BCUT2D eigenvalue weighted by Crippen LogP contribution is -2.27. The zero-order valence-corrected chi connectivity index (χ0v) is 18.9. The Bertz CT molecular complexity index is 1420. The maximum absolute atomic E-state index is 13.5. The van der Waals surface area contributed by atoms with Gasteiger partial charge in [-0.1, -0.05) is 41.9 Å². The molecule has 0 saturated carbocycles. The molecule has 1 atom stereocenters. The van der Waals surface area contributed by atoms with Gasteiger partial charge in [0.25, 0.3) is 15.9 Å². The van der Waals surface area contributed by atoms with Crippen LogP contribution in [0.5, 0.6) is 0 Å². The van der Waals surface area contributed by atoms with E-state index in [1.807, 2.05) is 0 Å². The molecular weight excluding hydrogens is 450 g/mol. The molecule has 7 nitrogen and oxygen atoms in total. The average molecular weight is 470 g/mol. The summed E-state index contributed by atoms with van der Waals surface area (Å²) >= 11 is 6.31. The molecule has 9 heteroatoms. The summed E-state index contributed by atoms with van der Waals surface area (Å²) in [5.74, 6) is -0.444. The molecule has 1 N–H and O–H groups in total. The van der Waals surface area contributed by atoms with E-state index in [1.54, 1.807) is 54.6 Å². The highest BCUT2D eigenvalue weighted by Crippen LogP contribution is 2.28. The number of carbonyl (C=O) groups is 1. The Morgan fingerprint density at radius 2 is 1.72 bits per heavy atom. The van der Waals surface area contributed by atoms with Gasteiger partial charge in [0, 0.05) is 7.05 Å². The van der Waals surface area contributed by atoms with Gasteiger partial charge < -0.3 is 5.11 Å². The number of para-hydroxylation sites is 3. The number of imidazole rings is 1. The third-order valence-corrected chi connectivity index (χ3v) is 7.22. The molecule has 0 aliphatic carbocycles. The number of carbonyl (C=O) groups excluding carboxylic acids is 1. The topological polar surface area (TPSA) is 92.5 Å². The van der Waals surface area contributed by atoms with Crippen LogP contribution in [0.2, 0.25) is 5.02 Å². The largest absolute Gasteiger partial charge is 0.385 e. The van der Waals surface area contributed by atoms with Crippen molar-refractivity contribution in [3.8, 4) is 0 Å². The van der Waals surface area contributed by atoms with Gasteiger partial charge in [0.2, 0.25) is 0 Å². The van der Waals surface area contributed by atoms with Crippen LogP contribution < -0.4 is 4.31 Å². The molecule has 0 saturated heterocycles. The van der Waals surface area contributed by atoms with E-state index < -0.39 is 22.0 Å². The monoisotopic (exact) mass is 469 g/mol. The summed E-state index contributed by atoms with van der Waals surface area (Å²) in [6, 6.07) is 19.5. The number of sulfonamides is 1. The summed E-state index contributed by atoms with van der Waals surface area (Å²) in [6.07, 6.45) is -1.03. The molecule has 3 aromatic carbocycles. The lowest BCUT2D eigenvalue weighted by Gasteiger charge is -2.20. The summed E-state index contributed by atoms with van der Waals surface area (Å²) in [5, 5.41) is 10.3. The van der Waals surface area contributed by atoms with Gasteiger partial charge in [-0.05, 0) is 49.4 Å². The van der Waals surface area contributed by atoms with E-state index in [1.165, 1.54) is 36.7 Å². The second kappa shape index (κ2) is 8.38. The fourth-order valence-electron chi connectivity index (χ4n) is 3.42. The first kappa shape index (κ1) is 22.0. The Morgan fingerprint density at radius 1 is 1.06 bits per heavy atom. The lowest BCUT2D eigenvalue weighted by molar-refractivity contribution is 0.0943. The van der Waals surface area contributed by atoms with Gasteiger partial charge in [-0.3, -0.25) is 13.7 Å². The highest BCUT2D eigenvalue weighted by atomic mass is 35.5. The maximum atomic E-state index is 13.5. The van der Waals surface area contributed by atoms with E-state index in [2.05, 4.69) is 4.98 Å². The van der Waals surface area contributed by atoms with Crippen molar-refractivity contribution in [1.29, 1.82) is 0 Å². The maximum Gasteiger partial charge on any atom is 0.265 e. The number of benzene rings is 3. The van der Waals surface area contributed by atoms with Gasteiger partial charge in [-0.25, -0.2) is 13.4 Å². The molecule has 164 valence electrons. The smallest absolute Gasteiger partial charge is 0.265 e. The van der Waals surface area contributed by atoms with E-state index in [0.717, 1.165) is 4.31 Å². The number of anilines is 1. The SMILES string of the molecule is C[C@H](O)c1nc2ccccc2n1C(=O)c1cc(S(=O)(=O)N(C)c2ccccc2)ccc1Cl. The number of hydrogen-bond donors (Lipinski definition) is 1. The van der Waals surface area contributed by atoms with Crippen molar-refractivity contribution in [3.63, 3.8) is 0 Å². The van der Waals surface area contributed by atoms with Crippen LogP contribution in [0.3, 0.4) is 0 Å². The highest BCUT2D eigenvalue weighted by molar-refractivity contribution is 7.92. The van der Waals surface area contributed by atoms with Crippen molar-refractivity contribution < 1.29 is 18.3 Å². The third kappa shape index (κ3) is 3.77. The number of aromatic nitrogens is 2. The molecule has 0 bridgehead atoms. The van der Waals surface area contributed by atoms with Crippen molar-refractivity contribution in [3.05, 3.63) is 89.2 Å². The molecule has 0 radical (unpaired) electrons. The van der Waals surface area contributed by atoms with E-state index in [-0.39, 0.29) is 21.3 Å². The molecule has 32 heavy (non-hydrogen) atoms. The Morgan fingerprint density at radius 3 is 2.41 bits per heavy atom. The first-order chi connectivity index (χ1) is 15.2. The van der Waals surface area contributed by atoms with Gasteiger partial charge in [-0.15, -0.1) is 0 Å². The van der Waals surface area contributed by atoms with Crippen LogP contribution >= 0.6 is 11.6 Å². The van der Waals surface area contributed by atoms with E-state index in [4.69, 9.17) is 11.6 Å². The molecule has 1 aromatic heterocycles. The van der Waals surface area contributed by atoms with Crippen molar-refractivity contribution in [2.24, 2.45) is 0 Å². The van der Waals surface area contributed by atoms with Crippen molar-refractivity contribution in [1.82, 2.24) is 9.55 Å². The van der Waals surface area contributed by atoms with Gasteiger partial charge in [0.15, 0.2) is 0 Å². The molecule has 0 aliphatic rings. The standard InChI is InChI=1S/C23H20ClN3O4S/c1-15(28)22-25-20-10-6-7-11-21(20)27(22)23(29)18-14-17(12-13-19(18)24)32(30,31)26(2)16-8-4-3-5-9-16/h3-15,28H,1-2H3/t15-/m0/s1. The minimum atomic E-state index is -3.95. The number of aliphatic hydroxyl groups excluding tert-OH is 1. The normalized spacial score (nSPS) is 12.6. The lowest BCUT2D eigenvalue weighted by atomic mass is 10.2. The summed E-state index contributed by atoms with van der Waals surface area (Å²) in [6.45, 7) is 1.50. The predicted molar refractivity (Wildman–Crippen MR) is 124 cm³/mol. The van der Waals surface area contributed by atoms with Crippen LogP contribution in [0.25, 0.3) is 11.0 Å². The number of fused-ring (bicyclic) bond motifs is 1. The highest BCUT2D eigenvalue weighted by Gasteiger charge is 2.26. The van der Waals surface area contributed by atoms with E-state index in [0.29, 0.717) is 16.7 Å². The Labute approximate surface area is 190 Å². The number of nitrogens with zero attached hydrogens (tertiary/aromatic N) is 3. The van der Waals surface area contributed by atoms with E-state index >= 15 is 0 Å². The Hall–Kier alpha value is -3.20. The number of rotatable bonds is 5. The molecule has 0 aliphatic heterocycles. The molecule has 0 spiro atoms. The summed E-state index contributed by atoms with van der Waals surface area (Å²) in [4.78, 5) is 17.8. The number of aliphatic hydroxyl groups is 1. The molecular formula is C23H20ClN3O4S. The Kier molecular flexibility index (Phi) is 5.77. The fraction of sp³-hybridized carbons (Fsp3) is 0.130. The summed E-state index contributed by atoms with van der Waals surface area (Å²) in [5.41, 5.74) is 1.48. The molecule has 0 amide bonds. The van der Waals surface area contributed by atoms with Gasteiger partial charge in [0.1, 0.15) is 11.9 Å². The third-order valence-electron chi connectivity index (χ3n) is 5.11. The quantitative estimate of drug-likeness (QED) is 0.471. The number of halogens is 1. The predicted octanol–water partition coefficient (Wildman–Crippen LogP) is 4.26. The minimum absolute atomic E-state index is 0.0146. The molecule has 1 heterocycles. The zero-order valence-electron chi connectivity index (χ0n) is 17.3. The molecule has 4 aromatic rings. The van der Waals surface area contributed by atoms with Crippen LogP contribution in [0.1, 0.15) is 29.2 Å². The number of hydrogen-bond acceptors (Lipinski definition) is 5. The van der Waals surface area contributed by atoms with Crippen molar-refractivity contribution in [2.45, 2.75) is 17.9 Å².